The van der Waals surface area contributed by atoms with E-state index in [0.717, 1.165) is 55.0 Å². The lowest BCUT2D eigenvalue weighted by atomic mass is 9.74. The van der Waals surface area contributed by atoms with E-state index in [0.29, 0.717) is 22.2 Å². The van der Waals surface area contributed by atoms with Crippen molar-refractivity contribution < 1.29 is 13.9 Å². The minimum absolute atomic E-state index is 0.126. The van der Waals surface area contributed by atoms with Crippen LogP contribution in [-0.2, 0) is 12.0 Å². The Labute approximate surface area is 208 Å². The number of rotatable bonds is 4. The van der Waals surface area contributed by atoms with Crippen molar-refractivity contribution in [1.82, 2.24) is 4.90 Å². The first kappa shape index (κ1) is 23.2. The van der Waals surface area contributed by atoms with Gasteiger partial charge in [-0.05, 0) is 85.6 Å². The second-order valence-electron chi connectivity index (χ2n) is 9.08. The molecule has 1 saturated heterocycles. The highest BCUT2D eigenvalue weighted by Crippen LogP contribution is 2.49. The van der Waals surface area contributed by atoms with Crippen LogP contribution in [0.1, 0.15) is 34.3 Å². The second kappa shape index (κ2) is 9.21. The van der Waals surface area contributed by atoms with Gasteiger partial charge in [0.2, 0.25) is 0 Å². The van der Waals surface area contributed by atoms with Crippen molar-refractivity contribution in [1.29, 1.82) is 0 Å². The van der Waals surface area contributed by atoms with Gasteiger partial charge in [0.15, 0.2) is 0 Å². The number of piperidine rings is 1. The zero-order valence-corrected chi connectivity index (χ0v) is 20.4. The number of likely N-dealkylation sites (tertiary alicyclic amines) is 1. The maximum atomic E-state index is 13.6. The van der Waals surface area contributed by atoms with Gasteiger partial charge in [-0.15, -0.1) is 0 Å². The van der Waals surface area contributed by atoms with Crippen molar-refractivity contribution in [3.63, 3.8) is 0 Å². The van der Waals surface area contributed by atoms with E-state index in [1.807, 2.05) is 29.2 Å². The standard InChI is InChI=1S/C27H25Cl2FN2O2/c1-34-21-7-9-25-23(15-21)27(17-32(25)26(33)22-8-4-19(28)14-24(22)29)10-12-31(13-11-27)16-18-2-5-20(30)6-3-18/h2-9,14-15H,10-13,16-17H2,1H3. The molecule has 1 fully saturated rings. The predicted octanol–water partition coefficient (Wildman–Crippen LogP) is 6.34. The molecule has 2 heterocycles. The number of amides is 1. The van der Waals surface area contributed by atoms with Crippen molar-refractivity contribution in [2.75, 3.05) is 31.6 Å². The zero-order valence-electron chi connectivity index (χ0n) is 18.9. The summed E-state index contributed by atoms with van der Waals surface area (Å²) in [5.74, 6) is 0.438. The molecule has 3 aromatic rings. The highest BCUT2D eigenvalue weighted by Gasteiger charge is 2.46. The molecule has 5 rings (SSSR count). The fourth-order valence-electron chi connectivity index (χ4n) is 5.18. The molecule has 176 valence electrons. The highest BCUT2D eigenvalue weighted by molar-refractivity contribution is 6.37. The van der Waals surface area contributed by atoms with E-state index in [2.05, 4.69) is 11.0 Å². The smallest absolute Gasteiger partial charge is 0.259 e. The van der Waals surface area contributed by atoms with Crippen molar-refractivity contribution in [3.8, 4) is 5.75 Å². The number of carbonyl (C=O) groups is 1. The molecule has 4 nitrogen and oxygen atoms in total. The number of hydrogen-bond acceptors (Lipinski definition) is 3. The zero-order chi connectivity index (χ0) is 23.9. The molecule has 0 aliphatic carbocycles. The third kappa shape index (κ3) is 4.28. The lowest BCUT2D eigenvalue weighted by molar-refractivity contribution is 0.0975. The topological polar surface area (TPSA) is 32.8 Å². The van der Waals surface area contributed by atoms with Gasteiger partial charge in [-0.3, -0.25) is 9.69 Å². The molecule has 0 bridgehead atoms. The molecule has 0 N–H and O–H groups in total. The van der Waals surface area contributed by atoms with Gasteiger partial charge in [-0.2, -0.15) is 0 Å². The normalized spacial score (nSPS) is 17.1. The summed E-state index contributed by atoms with van der Waals surface area (Å²) in [5, 5.41) is 0.848. The van der Waals surface area contributed by atoms with Crippen LogP contribution >= 0.6 is 23.2 Å². The lowest BCUT2D eigenvalue weighted by Crippen LogP contribution is -2.45. The highest BCUT2D eigenvalue weighted by atomic mass is 35.5. The Hall–Kier alpha value is -2.60. The first-order valence-corrected chi connectivity index (χ1v) is 12.1. The maximum absolute atomic E-state index is 13.6. The van der Waals surface area contributed by atoms with Crippen LogP contribution in [0.2, 0.25) is 10.0 Å². The van der Waals surface area contributed by atoms with E-state index in [1.54, 1.807) is 25.3 Å². The van der Waals surface area contributed by atoms with Crippen LogP contribution in [0.15, 0.2) is 60.7 Å². The molecule has 1 amide bonds. The minimum Gasteiger partial charge on any atom is -0.497 e. The summed E-state index contributed by atoms with van der Waals surface area (Å²) in [6, 6.07) is 17.6. The number of fused-ring (bicyclic) bond motifs is 2. The summed E-state index contributed by atoms with van der Waals surface area (Å²) in [6.07, 6.45) is 1.82. The van der Waals surface area contributed by atoms with Crippen LogP contribution in [0.25, 0.3) is 0 Å². The SMILES string of the molecule is COc1ccc2c(c1)C1(CCN(Cc3ccc(F)cc3)CC1)CN2C(=O)c1ccc(Cl)cc1Cl. The minimum atomic E-state index is -0.219. The van der Waals surface area contributed by atoms with Crippen LogP contribution in [0.3, 0.4) is 0 Å². The fourth-order valence-corrected chi connectivity index (χ4v) is 5.67. The average molecular weight is 499 g/mol. The summed E-state index contributed by atoms with van der Waals surface area (Å²) in [5.41, 5.74) is 3.44. The average Bonchev–Trinajstić information content (AvgIpc) is 3.15. The molecule has 0 atom stereocenters. The molecular formula is C27H25Cl2FN2O2. The van der Waals surface area contributed by atoms with Gasteiger partial charge in [-0.1, -0.05) is 35.3 Å². The van der Waals surface area contributed by atoms with Gasteiger partial charge in [0.25, 0.3) is 5.91 Å². The largest absolute Gasteiger partial charge is 0.497 e. The summed E-state index contributed by atoms with van der Waals surface area (Å²) in [6.45, 7) is 3.15. The summed E-state index contributed by atoms with van der Waals surface area (Å²) >= 11 is 12.4. The van der Waals surface area contributed by atoms with Gasteiger partial charge in [-0.25, -0.2) is 4.39 Å². The van der Waals surface area contributed by atoms with Gasteiger partial charge in [0.1, 0.15) is 11.6 Å². The number of benzene rings is 3. The summed E-state index contributed by atoms with van der Waals surface area (Å²) in [4.78, 5) is 17.8. The van der Waals surface area contributed by atoms with Crippen molar-refractivity contribution in [2.45, 2.75) is 24.8 Å². The first-order chi connectivity index (χ1) is 16.4. The molecule has 0 radical (unpaired) electrons. The van der Waals surface area contributed by atoms with Gasteiger partial charge in [0.05, 0.1) is 17.7 Å². The van der Waals surface area contributed by atoms with Gasteiger partial charge >= 0.3 is 0 Å². The number of methoxy groups -OCH3 is 1. The van der Waals surface area contributed by atoms with Crippen molar-refractivity contribution in [3.05, 3.63) is 93.2 Å². The molecule has 0 aromatic heterocycles. The number of halogens is 3. The quantitative estimate of drug-likeness (QED) is 0.420. The Morgan fingerprint density at radius 2 is 1.76 bits per heavy atom. The first-order valence-electron chi connectivity index (χ1n) is 11.3. The van der Waals surface area contributed by atoms with Crippen LogP contribution < -0.4 is 9.64 Å². The predicted molar refractivity (Wildman–Crippen MR) is 134 cm³/mol. The third-order valence-corrected chi connectivity index (χ3v) is 7.61. The Morgan fingerprint density at radius 3 is 2.44 bits per heavy atom. The lowest BCUT2D eigenvalue weighted by Gasteiger charge is -2.40. The van der Waals surface area contributed by atoms with E-state index < -0.39 is 0 Å². The van der Waals surface area contributed by atoms with E-state index in [-0.39, 0.29) is 17.1 Å². The van der Waals surface area contributed by atoms with Crippen LogP contribution in [0.5, 0.6) is 5.75 Å². The van der Waals surface area contributed by atoms with Crippen LogP contribution in [0, 0.1) is 5.82 Å². The van der Waals surface area contributed by atoms with Crippen LogP contribution in [-0.4, -0.2) is 37.6 Å². The summed E-state index contributed by atoms with van der Waals surface area (Å²) in [7, 11) is 1.66. The molecule has 3 aromatic carbocycles. The number of hydrogen-bond donors (Lipinski definition) is 0. The Morgan fingerprint density at radius 1 is 1.03 bits per heavy atom. The Balaban J connectivity index is 1.41. The third-order valence-electron chi connectivity index (χ3n) is 7.07. The molecule has 0 saturated carbocycles. The molecule has 2 aliphatic heterocycles. The van der Waals surface area contributed by atoms with Gasteiger partial charge < -0.3 is 9.64 Å². The van der Waals surface area contributed by atoms with E-state index in [9.17, 15) is 9.18 Å². The molecule has 1 spiro atoms. The summed E-state index contributed by atoms with van der Waals surface area (Å²) < 4.78 is 18.8. The van der Waals surface area contributed by atoms with E-state index >= 15 is 0 Å². The maximum Gasteiger partial charge on any atom is 0.259 e. The molecule has 2 aliphatic rings. The van der Waals surface area contributed by atoms with Crippen LogP contribution in [0.4, 0.5) is 10.1 Å². The van der Waals surface area contributed by atoms with Gasteiger partial charge in [0, 0.05) is 29.2 Å². The second-order valence-corrected chi connectivity index (χ2v) is 9.93. The molecule has 34 heavy (non-hydrogen) atoms. The molecule has 0 unspecified atom stereocenters. The number of nitrogens with zero attached hydrogens (tertiary/aromatic N) is 2. The number of ether oxygens (including phenoxy) is 1. The fraction of sp³-hybridized carbons (Fsp3) is 0.296. The van der Waals surface area contributed by atoms with E-state index in [1.165, 1.54) is 12.1 Å². The number of anilines is 1. The number of carbonyl (C=O) groups excluding carboxylic acids is 1. The van der Waals surface area contributed by atoms with Crippen molar-refractivity contribution >= 4 is 34.8 Å². The van der Waals surface area contributed by atoms with Crippen molar-refractivity contribution in [2.24, 2.45) is 0 Å². The molecule has 7 heteroatoms. The van der Waals surface area contributed by atoms with E-state index in [4.69, 9.17) is 27.9 Å². The Bertz CT molecular complexity index is 1220. The monoisotopic (exact) mass is 498 g/mol. The molecular weight excluding hydrogens is 474 g/mol. The Kier molecular flexibility index (Phi) is 6.28.